The number of aliphatic hydroxyl groups excluding tert-OH is 1. The molecule has 1 aliphatic rings. The van der Waals surface area contributed by atoms with Crippen LogP contribution in [0.1, 0.15) is 55.3 Å². The summed E-state index contributed by atoms with van der Waals surface area (Å²) >= 11 is 0. The van der Waals surface area contributed by atoms with E-state index < -0.39 is 0 Å². The number of rotatable bonds is 10. The van der Waals surface area contributed by atoms with E-state index in [1.165, 1.54) is 0 Å². The van der Waals surface area contributed by atoms with E-state index in [1.807, 2.05) is 19.1 Å². The molecule has 0 aromatic carbocycles. The lowest BCUT2D eigenvalue weighted by molar-refractivity contribution is 0.0838. The Kier molecular flexibility index (Phi) is 7.63. The molecule has 0 saturated carbocycles. The number of fused-ring (bicyclic) bond motifs is 1. The highest BCUT2D eigenvalue weighted by atomic mass is 16.5. The van der Waals surface area contributed by atoms with Gasteiger partial charge >= 0.3 is 6.01 Å². The van der Waals surface area contributed by atoms with E-state index >= 15 is 0 Å². The SMILES string of the molecule is COC[C@@H](C)Oc1nc(C(=O)C[C@H](C)CO)nc(N2CCC(c3[nH]nc4ncccc34)CC2)n1. The van der Waals surface area contributed by atoms with Crippen molar-refractivity contribution >= 4 is 22.8 Å². The van der Waals surface area contributed by atoms with Crippen molar-refractivity contribution in [3.05, 3.63) is 29.8 Å². The molecule has 4 heterocycles. The predicted molar refractivity (Wildman–Crippen MR) is 125 cm³/mol. The summed E-state index contributed by atoms with van der Waals surface area (Å²) in [5.41, 5.74) is 1.83. The molecule has 1 aliphatic heterocycles. The van der Waals surface area contributed by atoms with E-state index in [0.717, 1.165) is 29.6 Å². The van der Waals surface area contributed by atoms with Crippen molar-refractivity contribution in [1.82, 2.24) is 30.1 Å². The van der Waals surface area contributed by atoms with Gasteiger partial charge in [-0.1, -0.05) is 6.92 Å². The zero-order valence-corrected chi connectivity index (χ0v) is 19.8. The average Bonchev–Trinajstić information content (AvgIpc) is 3.28. The zero-order chi connectivity index (χ0) is 24.1. The number of aromatic nitrogens is 6. The van der Waals surface area contributed by atoms with Gasteiger partial charge in [-0.2, -0.15) is 20.1 Å². The number of methoxy groups -OCH3 is 1. The lowest BCUT2D eigenvalue weighted by Crippen LogP contribution is -2.35. The fourth-order valence-corrected chi connectivity index (χ4v) is 4.13. The number of H-pyrrole nitrogens is 1. The minimum absolute atomic E-state index is 0.0534. The maximum atomic E-state index is 12.8. The van der Waals surface area contributed by atoms with Gasteiger partial charge in [0.25, 0.3) is 0 Å². The first kappa shape index (κ1) is 24.0. The van der Waals surface area contributed by atoms with Gasteiger partial charge in [0.15, 0.2) is 5.65 Å². The number of aromatic amines is 1. The number of carbonyl (C=O) groups is 1. The van der Waals surface area contributed by atoms with Crippen LogP contribution >= 0.6 is 0 Å². The third-order valence-electron chi connectivity index (χ3n) is 5.95. The topological polar surface area (TPSA) is 139 Å². The van der Waals surface area contributed by atoms with Gasteiger partial charge in [-0.15, -0.1) is 0 Å². The molecule has 2 N–H and O–H groups in total. The van der Waals surface area contributed by atoms with Crippen molar-refractivity contribution in [2.45, 2.75) is 45.1 Å². The van der Waals surface area contributed by atoms with Crippen molar-refractivity contribution in [2.24, 2.45) is 5.92 Å². The maximum absolute atomic E-state index is 12.8. The highest BCUT2D eigenvalue weighted by Crippen LogP contribution is 2.32. The summed E-state index contributed by atoms with van der Waals surface area (Å²) in [5, 5.41) is 17.9. The summed E-state index contributed by atoms with van der Waals surface area (Å²) in [6.45, 7) is 5.36. The standard InChI is InChI=1S/C23H31N7O4/c1-14(12-31)11-18(32)21-25-22(27-23(26-21)34-15(2)13-33-3)30-9-6-16(7-10-30)19-17-5-4-8-24-20(17)29-28-19/h4-5,8,14-16,31H,6-7,9-13H2,1-3H3,(H,24,28,29)/t14-,15+/m0/s1. The average molecular weight is 470 g/mol. The molecule has 4 rings (SSSR count). The van der Waals surface area contributed by atoms with Gasteiger partial charge in [0.2, 0.25) is 17.6 Å². The molecule has 3 aromatic heterocycles. The second-order valence-electron chi connectivity index (χ2n) is 8.81. The second kappa shape index (κ2) is 10.8. The van der Waals surface area contributed by atoms with E-state index in [2.05, 4.69) is 35.0 Å². The Labute approximate surface area is 197 Å². The molecule has 2 atom stereocenters. The Morgan fingerprint density at radius 3 is 2.79 bits per heavy atom. The third-order valence-corrected chi connectivity index (χ3v) is 5.95. The van der Waals surface area contributed by atoms with Gasteiger partial charge in [0, 0.05) is 56.4 Å². The van der Waals surface area contributed by atoms with Gasteiger partial charge in [-0.3, -0.25) is 9.89 Å². The number of piperidine rings is 1. The number of ether oxygens (including phenoxy) is 2. The summed E-state index contributed by atoms with van der Waals surface area (Å²) in [6, 6.07) is 4.06. The lowest BCUT2D eigenvalue weighted by atomic mass is 9.92. The predicted octanol–water partition coefficient (Wildman–Crippen LogP) is 2.14. The maximum Gasteiger partial charge on any atom is 0.322 e. The van der Waals surface area contributed by atoms with Crippen LogP contribution in [0.5, 0.6) is 6.01 Å². The van der Waals surface area contributed by atoms with Crippen molar-refractivity contribution in [2.75, 3.05) is 38.3 Å². The molecule has 1 saturated heterocycles. The molecule has 11 heteroatoms. The number of nitrogens with zero attached hydrogens (tertiary/aromatic N) is 6. The van der Waals surface area contributed by atoms with E-state index in [0.29, 0.717) is 31.6 Å². The molecule has 0 amide bonds. The van der Waals surface area contributed by atoms with Gasteiger partial charge in [-0.25, -0.2) is 4.98 Å². The Balaban J connectivity index is 1.52. The normalized spacial score (nSPS) is 16.5. The summed E-state index contributed by atoms with van der Waals surface area (Å²) < 4.78 is 10.9. The van der Waals surface area contributed by atoms with Crippen LogP contribution in [0.15, 0.2) is 18.3 Å². The smallest absolute Gasteiger partial charge is 0.322 e. The van der Waals surface area contributed by atoms with Gasteiger partial charge in [0.05, 0.1) is 6.61 Å². The number of anilines is 1. The molecule has 11 nitrogen and oxygen atoms in total. The summed E-state index contributed by atoms with van der Waals surface area (Å²) in [4.78, 5) is 32.3. The molecule has 0 spiro atoms. The Hall–Kier alpha value is -3.18. The van der Waals surface area contributed by atoms with Crippen LogP contribution in [0.3, 0.4) is 0 Å². The Morgan fingerprint density at radius 2 is 2.06 bits per heavy atom. The summed E-state index contributed by atoms with van der Waals surface area (Å²) in [5.74, 6) is 0.359. The highest BCUT2D eigenvalue weighted by molar-refractivity contribution is 5.92. The summed E-state index contributed by atoms with van der Waals surface area (Å²) in [6.07, 6.45) is 3.35. The zero-order valence-electron chi connectivity index (χ0n) is 19.8. The number of ketones is 1. The number of nitrogens with one attached hydrogen (secondary N) is 1. The molecule has 34 heavy (non-hydrogen) atoms. The largest absolute Gasteiger partial charge is 0.458 e. The number of carbonyl (C=O) groups excluding carboxylic acids is 1. The van der Waals surface area contributed by atoms with E-state index in [4.69, 9.17) is 9.47 Å². The summed E-state index contributed by atoms with van der Waals surface area (Å²) in [7, 11) is 1.59. The molecule has 182 valence electrons. The first-order valence-corrected chi connectivity index (χ1v) is 11.6. The first-order chi connectivity index (χ1) is 16.5. The van der Waals surface area contributed by atoms with Crippen LogP contribution in [0.25, 0.3) is 11.0 Å². The molecule has 0 aliphatic carbocycles. The fraction of sp³-hybridized carbons (Fsp3) is 0.565. The van der Waals surface area contributed by atoms with Crippen molar-refractivity contribution in [3.63, 3.8) is 0 Å². The molecular weight excluding hydrogens is 438 g/mol. The van der Waals surface area contributed by atoms with E-state index in [1.54, 1.807) is 20.2 Å². The minimum atomic E-state index is -0.285. The Morgan fingerprint density at radius 1 is 1.26 bits per heavy atom. The van der Waals surface area contributed by atoms with Crippen LogP contribution in [0, 0.1) is 5.92 Å². The number of hydrogen-bond donors (Lipinski definition) is 2. The highest BCUT2D eigenvalue weighted by Gasteiger charge is 2.27. The quantitative estimate of drug-likeness (QED) is 0.424. The van der Waals surface area contributed by atoms with Gasteiger partial charge < -0.3 is 19.5 Å². The van der Waals surface area contributed by atoms with Crippen LogP contribution < -0.4 is 9.64 Å². The van der Waals surface area contributed by atoms with Crippen molar-refractivity contribution in [1.29, 1.82) is 0 Å². The molecule has 0 unspecified atom stereocenters. The van der Waals surface area contributed by atoms with Crippen LogP contribution in [0.2, 0.25) is 0 Å². The molecule has 1 fully saturated rings. The monoisotopic (exact) mass is 469 g/mol. The molecule has 3 aromatic rings. The van der Waals surface area contributed by atoms with Gasteiger partial charge in [0.1, 0.15) is 6.10 Å². The van der Waals surface area contributed by atoms with E-state index in [-0.39, 0.29) is 42.7 Å². The molecule has 0 radical (unpaired) electrons. The van der Waals surface area contributed by atoms with Gasteiger partial charge in [-0.05, 0) is 37.8 Å². The van der Waals surface area contributed by atoms with Crippen LogP contribution in [0.4, 0.5) is 5.95 Å². The van der Waals surface area contributed by atoms with E-state index in [9.17, 15) is 9.90 Å². The Bertz CT molecular complexity index is 1110. The van der Waals surface area contributed by atoms with Crippen LogP contribution in [-0.4, -0.2) is 80.5 Å². The number of pyridine rings is 1. The van der Waals surface area contributed by atoms with Crippen molar-refractivity contribution in [3.8, 4) is 6.01 Å². The lowest BCUT2D eigenvalue weighted by Gasteiger charge is -2.31. The first-order valence-electron chi connectivity index (χ1n) is 11.6. The van der Waals surface area contributed by atoms with Crippen molar-refractivity contribution < 1.29 is 19.4 Å². The number of aliphatic hydroxyl groups is 1. The number of hydrogen-bond acceptors (Lipinski definition) is 10. The molecule has 0 bridgehead atoms. The van der Waals surface area contributed by atoms with Crippen LogP contribution in [-0.2, 0) is 4.74 Å². The minimum Gasteiger partial charge on any atom is -0.458 e. The third kappa shape index (κ3) is 5.48. The number of Topliss-reactive ketones (excluding diaryl/α,β-unsaturated/α-hetero) is 1. The fourth-order valence-electron chi connectivity index (χ4n) is 4.13. The second-order valence-corrected chi connectivity index (χ2v) is 8.81. The molecular formula is C23H31N7O4.